The number of nitro groups is 1. The molecular formula is C26H30N4O3. The molecule has 0 fully saturated rings. The maximum atomic E-state index is 13.4. The highest BCUT2D eigenvalue weighted by Crippen LogP contribution is 2.28. The van der Waals surface area contributed by atoms with E-state index in [0.29, 0.717) is 35.6 Å². The number of non-ortho nitro benzene ring substituents is 1. The Kier molecular flexibility index (Phi) is 9.01. The van der Waals surface area contributed by atoms with Crippen LogP contribution in [0.1, 0.15) is 64.2 Å². The highest BCUT2D eigenvalue weighted by molar-refractivity contribution is 5.97. The number of nitrogens with one attached hydrogen (secondary N) is 1. The second-order valence-electron chi connectivity index (χ2n) is 8.26. The van der Waals surface area contributed by atoms with Crippen molar-refractivity contribution >= 4 is 23.0 Å². The van der Waals surface area contributed by atoms with Crippen LogP contribution < -0.4 is 10.2 Å². The van der Waals surface area contributed by atoms with Crippen LogP contribution in [0.2, 0.25) is 0 Å². The first-order valence-corrected chi connectivity index (χ1v) is 11.6. The molecule has 33 heavy (non-hydrogen) atoms. The van der Waals surface area contributed by atoms with Crippen molar-refractivity contribution in [2.45, 2.75) is 64.2 Å². The highest BCUT2D eigenvalue weighted by Gasteiger charge is 2.24. The number of amides is 1. The fourth-order valence-corrected chi connectivity index (χ4v) is 4.02. The van der Waals surface area contributed by atoms with Crippen LogP contribution in [0.15, 0.2) is 66.0 Å². The molecule has 0 spiro atoms. The first-order chi connectivity index (χ1) is 16.1. The Hall–Kier alpha value is -3.66. The van der Waals surface area contributed by atoms with Gasteiger partial charge < -0.3 is 5.32 Å². The first-order valence-electron chi connectivity index (χ1n) is 11.6. The molecule has 0 saturated carbocycles. The number of benzene rings is 2. The minimum absolute atomic E-state index is 0.0166. The van der Waals surface area contributed by atoms with Crippen LogP contribution >= 0.6 is 0 Å². The zero-order valence-corrected chi connectivity index (χ0v) is 18.8. The maximum absolute atomic E-state index is 13.4. The molecule has 0 saturated heterocycles. The van der Waals surface area contributed by atoms with E-state index in [2.05, 4.69) is 11.4 Å². The van der Waals surface area contributed by atoms with Crippen molar-refractivity contribution in [1.82, 2.24) is 0 Å². The van der Waals surface area contributed by atoms with Gasteiger partial charge in [-0.25, -0.2) is 0 Å². The number of hydrogen-bond donors (Lipinski definition) is 1. The number of nitro benzene ring substituents is 1. The lowest BCUT2D eigenvalue weighted by Crippen LogP contribution is -2.34. The van der Waals surface area contributed by atoms with Crippen LogP contribution in [-0.2, 0) is 4.79 Å². The molecule has 2 aromatic carbocycles. The highest BCUT2D eigenvalue weighted by atomic mass is 16.6. The van der Waals surface area contributed by atoms with E-state index in [-0.39, 0.29) is 11.6 Å². The van der Waals surface area contributed by atoms with Gasteiger partial charge in [-0.3, -0.25) is 19.8 Å². The molecule has 0 radical (unpaired) electrons. The molecule has 0 unspecified atom stereocenters. The summed E-state index contributed by atoms with van der Waals surface area (Å²) in [5.74, 6) is 0.357. The minimum atomic E-state index is -0.453. The Morgan fingerprint density at radius 3 is 2.00 bits per heavy atom. The van der Waals surface area contributed by atoms with Gasteiger partial charge in [0.25, 0.3) is 5.69 Å². The predicted molar refractivity (Wildman–Crippen MR) is 129 cm³/mol. The van der Waals surface area contributed by atoms with Gasteiger partial charge >= 0.3 is 0 Å². The average Bonchev–Trinajstić information content (AvgIpc) is 2.83. The normalized spacial score (nSPS) is 18.8. The summed E-state index contributed by atoms with van der Waals surface area (Å²) in [5.41, 5.74) is 1.75. The zero-order chi connectivity index (χ0) is 23.5. The number of hydrogen-bond acceptors (Lipinski definition) is 5. The van der Waals surface area contributed by atoms with E-state index in [1.807, 2.05) is 30.3 Å². The predicted octanol–water partition coefficient (Wildman–Crippen LogP) is 6.69. The number of anilines is 2. The van der Waals surface area contributed by atoms with E-state index in [1.54, 1.807) is 17.0 Å². The van der Waals surface area contributed by atoms with Crippen molar-refractivity contribution in [2.24, 2.45) is 0 Å². The van der Waals surface area contributed by atoms with E-state index in [4.69, 9.17) is 0 Å². The molecule has 172 valence electrons. The number of para-hydroxylation sites is 1. The van der Waals surface area contributed by atoms with E-state index in [9.17, 15) is 20.2 Å². The second-order valence-corrected chi connectivity index (χ2v) is 8.26. The Morgan fingerprint density at radius 2 is 1.42 bits per heavy atom. The molecule has 1 aliphatic heterocycles. The molecular weight excluding hydrogens is 416 g/mol. The van der Waals surface area contributed by atoms with Crippen molar-refractivity contribution in [3.05, 3.63) is 76.1 Å². The van der Waals surface area contributed by atoms with Crippen LogP contribution in [0.3, 0.4) is 0 Å². The smallest absolute Gasteiger partial charge is 0.269 e. The van der Waals surface area contributed by atoms with Gasteiger partial charge in [0.05, 0.1) is 22.3 Å². The van der Waals surface area contributed by atoms with Crippen LogP contribution in [0, 0.1) is 21.4 Å². The van der Waals surface area contributed by atoms with Crippen LogP contribution in [0.5, 0.6) is 0 Å². The molecule has 1 amide bonds. The molecule has 7 nitrogen and oxygen atoms in total. The second kappa shape index (κ2) is 12.4. The zero-order valence-electron chi connectivity index (χ0n) is 18.8. The van der Waals surface area contributed by atoms with Gasteiger partial charge in [0.15, 0.2) is 0 Å². The largest absolute Gasteiger partial charge is 0.340 e. The molecule has 0 bridgehead atoms. The fourth-order valence-electron chi connectivity index (χ4n) is 4.02. The number of nitrogens with zero attached hydrogens (tertiary/aromatic N) is 3. The molecule has 0 aromatic heterocycles. The summed E-state index contributed by atoms with van der Waals surface area (Å²) in [6, 6.07) is 17.7. The van der Waals surface area contributed by atoms with Gasteiger partial charge in [-0.15, -0.1) is 0 Å². The van der Waals surface area contributed by atoms with E-state index in [0.717, 1.165) is 38.5 Å². The van der Waals surface area contributed by atoms with Crippen LogP contribution in [-0.4, -0.2) is 10.8 Å². The van der Waals surface area contributed by atoms with E-state index in [1.165, 1.54) is 25.0 Å². The van der Waals surface area contributed by atoms with Crippen molar-refractivity contribution in [2.75, 3.05) is 10.2 Å². The summed E-state index contributed by atoms with van der Waals surface area (Å²) in [7, 11) is 0. The third-order valence-corrected chi connectivity index (χ3v) is 5.82. The van der Waals surface area contributed by atoms with Crippen molar-refractivity contribution in [1.29, 1.82) is 5.26 Å². The number of allylic oxidation sites excluding steroid dienone is 1. The standard InChI is InChI=1S/C26H30N4O3/c27-20-21-12-8-5-3-1-2-4-6-11-15-25(31)29(23-13-9-7-10-14-23)26(21)28-22-16-18-24(19-17-22)30(32)33/h7,9-10,13-14,16-19,28H,1-6,8,11-12,15H2/b26-21-. The SMILES string of the molecule is N#C/C1=C(/Nc2ccc([N+](=O)[O-])cc2)N(c2ccccc2)C(=O)CCCCCCCCCC1. The molecule has 1 heterocycles. The topological polar surface area (TPSA) is 99.3 Å². The fraction of sp³-hybridized carbons (Fsp3) is 0.385. The summed E-state index contributed by atoms with van der Waals surface area (Å²) in [6.07, 6.45) is 9.30. The molecule has 7 heteroatoms. The Balaban J connectivity index is 2.04. The summed E-state index contributed by atoms with van der Waals surface area (Å²) in [6.45, 7) is 0. The number of carbonyl (C=O) groups excluding carboxylic acids is 1. The van der Waals surface area contributed by atoms with E-state index < -0.39 is 4.92 Å². The van der Waals surface area contributed by atoms with E-state index >= 15 is 0 Å². The third kappa shape index (κ3) is 6.91. The van der Waals surface area contributed by atoms with Gasteiger partial charge in [0.1, 0.15) is 5.82 Å². The third-order valence-electron chi connectivity index (χ3n) is 5.82. The molecule has 2 aromatic rings. The number of rotatable bonds is 4. The molecule has 0 atom stereocenters. The average molecular weight is 447 g/mol. The lowest BCUT2D eigenvalue weighted by atomic mass is 10.0. The molecule has 0 aliphatic carbocycles. The van der Waals surface area contributed by atoms with Gasteiger partial charge in [0.2, 0.25) is 5.91 Å². The minimum Gasteiger partial charge on any atom is -0.340 e. The monoisotopic (exact) mass is 446 g/mol. The Morgan fingerprint density at radius 1 is 0.848 bits per heavy atom. The summed E-state index contributed by atoms with van der Waals surface area (Å²) >= 11 is 0. The Bertz CT molecular complexity index is 1010. The number of carbonyl (C=O) groups is 1. The number of nitriles is 1. The van der Waals surface area contributed by atoms with Gasteiger partial charge in [-0.1, -0.05) is 56.7 Å². The lowest BCUT2D eigenvalue weighted by Gasteiger charge is -2.28. The van der Waals surface area contributed by atoms with Crippen molar-refractivity contribution < 1.29 is 9.72 Å². The Labute approximate surface area is 194 Å². The molecule has 1 aliphatic rings. The molecule has 3 rings (SSSR count). The summed E-state index contributed by atoms with van der Waals surface area (Å²) < 4.78 is 0. The summed E-state index contributed by atoms with van der Waals surface area (Å²) in [5, 5.41) is 24.3. The van der Waals surface area contributed by atoms with Crippen LogP contribution in [0.4, 0.5) is 17.1 Å². The lowest BCUT2D eigenvalue weighted by molar-refractivity contribution is -0.384. The van der Waals surface area contributed by atoms with Crippen LogP contribution in [0.25, 0.3) is 0 Å². The first kappa shape index (κ1) is 24.0. The summed E-state index contributed by atoms with van der Waals surface area (Å²) in [4.78, 5) is 25.6. The van der Waals surface area contributed by atoms with Gasteiger partial charge in [-0.2, -0.15) is 5.26 Å². The quantitative estimate of drug-likeness (QED) is 0.417. The van der Waals surface area contributed by atoms with Gasteiger partial charge in [0, 0.05) is 24.2 Å². The molecule has 1 N–H and O–H groups in total. The van der Waals surface area contributed by atoms with Crippen molar-refractivity contribution in [3.8, 4) is 6.07 Å². The van der Waals surface area contributed by atoms with Crippen molar-refractivity contribution in [3.63, 3.8) is 0 Å². The van der Waals surface area contributed by atoms with Gasteiger partial charge in [-0.05, 0) is 43.5 Å². The maximum Gasteiger partial charge on any atom is 0.269 e.